The van der Waals surface area contributed by atoms with Crippen molar-refractivity contribution in [3.05, 3.63) is 66.6 Å². The molecule has 0 bridgehead atoms. The van der Waals surface area contributed by atoms with E-state index in [1.807, 2.05) is 54.6 Å². The number of sulfonamides is 1. The van der Waals surface area contributed by atoms with Gasteiger partial charge < -0.3 is 14.6 Å². The largest absolute Gasteiger partial charge is 0.491 e. The van der Waals surface area contributed by atoms with E-state index in [0.29, 0.717) is 44.9 Å². The third kappa shape index (κ3) is 5.31. The molecule has 1 N–H and O–H groups in total. The lowest BCUT2D eigenvalue weighted by molar-refractivity contribution is -0.126. The highest BCUT2D eigenvalue weighted by Crippen LogP contribution is 2.29. The molecular weight excluding hydrogens is 452 g/mol. The average molecular weight is 483 g/mol. The van der Waals surface area contributed by atoms with Gasteiger partial charge in [0, 0.05) is 37.8 Å². The monoisotopic (exact) mass is 482 g/mol. The summed E-state index contributed by atoms with van der Waals surface area (Å²) in [6, 6.07) is 17.8. The van der Waals surface area contributed by atoms with E-state index in [1.54, 1.807) is 18.5 Å². The van der Waals surface area contributed by atoms with Crippen LogP contribution in [-0.4, -0.2) is 54.4 Å². The Labute approximate surface area is 200 Å². The summed E-state index contributed by atoms with van der Waals surface area (Å²) in [5.41, 5.74) is 2.08. The number of hydrogen-bond acceptors (Lipinski definition) is 5. The molecule has 4 rings (SSSR count). The van der Waals surface area contributed by atoms with Gasteiger partial charge in [0.05, 0.1) is 6.54 Å². The molecule has 3 aromatic rings. The van der Waals surface area contributed by atoms with Crippen LogP contribution in [0.25, 0.3) is 11.1 Å². The second-order valence-electron chi connectivity index (χ2n) is 8.42. The fraction of sp³-hybridized carbons (Fsp3) is 0.360. The summed E-state index contributed by atoms with van der Waals surface area (Å²) in [5, 5.41) is 2.99. The number of amides is 1. The fourth-order valence-corrected chi connectivity index (χ4v) is 5.56. The van der Waals surface area contributed by atoms with Gasteiger partial charge in [-0.3, -0.25) is 4.79 Å². The molecule has 2 heterocycles. The van der Waals surface area contributed by atoms with Gasteiger partial charge in [-0.25, -0.2) is 13.4 Å². The molecule has 0 atom stereocenters. The Morgan fingerprint density at radius 2 is 1.76 bits per heavy atom. The summed E-state index contributed by atoms with van der Waals surface area (Å²) < 4.78 is 34.7. The standard InChI is InChI=1S/C25H30N4O4S/c1-19-27-24(18-28(19)2)34(31,32)29-15-12-21(13-16-29)25(30)26-14-17-33-23-11-7-6-10-22(23)20-8-4-3-5-9-20/h3-11,18,21H,12-17H2,1-2H3,(H,26,30). The summed E-state index contributed by atoms with van der Waals surface area (Å²) >= 11 is 0. The van der Waals surface area contributed by atoms with Crippen LogP contribution in [0.2, 0.25) is 0 Å². The number of piperidine rings is 1. The average Bonchev–Trinajstić information content (AvgIpc) is 3.21. The van der Waals surface area contributed by atoms with Crippen molar-refractivity contribution in [2.75, 3.05) is 26.2 Å². The molecule has 0 radical (unpaired) electrons. The van der Waals surface area contributed by atoms with Gasteiger partial charge in [-0.2, -0.15) is 4.31 Å². The predicted octanol–water partition coefficient (Wildman–Crippen LogP) is 2.99. The highest BCUT2D eigenvalue weighted by Gasteiger charge is 2.33. The number of para-hydroxylation sites is 1. The molecule has 1 aliphatic rings. The molecule has 180 valence electrons. The molecular formula is C25H30N4O4S. The number of aryl methyl sites for hydroxylation is 2. The van der Waals surface area contributed by atoms with Crippen molar-refractivity contribution in [3.63, 3.8) is 0 Å². The summed E-state index contributed by atoms with van der Waals surface area (Å²) in [6.45, 7) is 3.10. The molecule has 0 unspecified atom stereocenters. The minimum Gasteiger partial charge on any atom is -0.491 e. The van der Waals surface area contributed by atoms with Crippen LogP contribution in [0.15, 0.2) is 65.8 Å². The first-order valence-electron chi connectivity index (χ1n) is 11.4. The van der Waals surface area contributed by atoms with Gasteiger partial charge in [0.1, 0.15) is 18.2 Å². The molecule has 34 heavy (non-hydrogen) atoms. The maximum absolute atomic E-state index is 12.8. The van der Waals surface area contributed by atoms with E-state index >= 15 is 0 Å². The first kappa shape index (κ1) is 24.0. The maximum Gasteiger partial charge on any atom is 0.262 e. The Kier molecular flexibility index (Phi) is 7.33. The molecule has 0 aliphatic carbocycles. The number of rotatable bonds is 8. The third-order valence-electron chi connectivity index (χ3n) is 6.15. The zero-order valence-corrected chi connectivity index (χ0v) is 20.3. The van der Waals surface area contributed by atoms with E-state index in [-0.39, 0.29) is 16.9 Å². The molecule has 1 aromatic heterocycles. The van der Waals surface area contributed by atoms with Crippen LogP contribution in [0, 0.1) is 12.8 Å². The topological polar surface area (TPSA) is 93.5 Å². The number of nitrogens with one attached hydrogen (secondary N) is 1. The highest BCUT2D eigenvalue weighted by atomic mass is 32.2. The Bertz CT molecular complexity index is 1210. The summed E-state index contributed by atoms with van der Waals surface area (Å²) in [5.74, 6) is 1.13. The highest BCUT2D eigenvalue weighted by molar-refractivity contribution is 7.89. The number of carbonyl (C=O) groups excluding carboxylic acids is 1. The molecule has 9 heteroatoms. The molecule has 1 aliphatic heterocycles. The molecule has 8 nitrogen and oxygen atoms in total. The lowest BCUT2D eigenvalue weighted by Gasteiger charge is -2.29. The molecule has 1 saturated heterocycles. The zero-order chi connectivity index (χ0) is 24.1. The SMILES string of the molecule is Cc1nc(S(=O)(=O)N2CCC(C(=O)NCCOc3ccccc3-c3ccccc3)CC2)cn1C. The van der Waals surface area contributed by atoms with E-state index < -0.39 is 10.0 Å². The summed E-state index contributed by atoms with van der Waals surface area (Å²) in [6.07, 6.45) is 2.49. The van der Waals surface area contributed by atoms with Gasteiger partial charge in [-0.1, -0.05) is 48.5 Å². The van der Waals surface area contributed by atoms with Crippen molar-refractivity contribution >= 4 is 15.9 Å². The van der Waals surface area contributed by atoms with E-state index in [2.05, 4.69) is 10.3 Å². The Hall–Kier alpha value is -3.17. The second kappa shape index (κ2) is 10.4. The quantitative estimate of drug-likeness (QED) is 0.498. The van der Waals surface area contributed by atoms with Gasteiger partial charge in [0.25, 0.3) is 10.0 Å². The van der Waals surface area contributed by atoms with Crippen LogP contribution < -0.4 is 10.1 Å². The number of imidazole rings is 1. The minimum absolute atomic E-state index is 0.0586. The molecule has 1 amide bonds. The van der Waals surface area contributed by atoms with Crippen LogP contribution in [0.3, 0.4) is 0 Å². The number of carbonyl (C=O) groups is 1. The van der Waals surface area contributed by atoms with E-state index in [0.717, 1.165) is 16.9 Å². The fourth-order valence-electron chi connectivity index (χ4n) is 4.07. The molecule has 2 aromatic carbocycles. The van der Waals surface area contributed by atoms with Crippen molar-refractivity contribution in [1.29, 1.82) is 0 Å². The smallest absolute Gasteiger partial charge is 0.262 e. The van der Waals surface area contributed by atoms with Crippen molar-refractivity contribution in [2.45, 2.75) is 24.8 Å². The van der Waals surface area contributed by atoms with Crippen LogP contribution in [0.4, 0.5) is 0 Å². The molecule has 1 fully saturated rings. The lowest BCUT2D eigenvalue weighted by atomic mass is 9.97. The van der Waals surface area contributed by atoms with Crippen molar-refractivity contribution in [1.82, 2.24) is 19.2 Å². The van der Waals surface area contributed by atoms with Crippen molar-refractivity contribution in [3.8, 4) is 16.9 Å². The van der Waals surface area contributed by atoms with Gasteiger partial charge >= 0.3 is 0 Å². The molecule has 0 saturated carbocycles. The van der Waals surface area contributed by atoms with Gasteiger partial charge in [-0.05, 0) is 31.4 Å². The van der Waals surface area contributed by atoms with Crippen molar-refractivity contribution < 1.29 is 17.9 Å². The predicted molar refractivity (Wildman–Crippen MR) is 130 cm³/mol. The maximum atomic E-state index is 12.8. The van der Waals surface area contributed by atoms with Gasteiger partial charge in [-0.15, -0.1) is 0 Å². The lowest BCUT2D eigenvalue weighted by Crippen LogP contribution is -2.43. The van der Waals surface area contributed by atoms with E-state index in [4.69, 9.17) is 4.74 Å². The Morgan fingerprint density at radius 1 is 1.09 bits per heavy atom. The van der Waals surface area contributed by atoms with Crippen LogP contribution in [0.5, 0.6) is 5.75 Å². The van der Waals surface area contributed by atoms with Gasteiger partial charge in [0.2, 0.25) is 5.91 Å². The molecule has 0 spiro atoms. The number of benzene rings is 2. The normalized spacial score (nSPS) is 15.2. The Morgan fingerprint density at radius 3 is 2.44 bits per heavy atom. The van der Waals surface area contributed by atoms with Crippen LogP contribution in [0.1, 0.15) is 18.7 Å². The van der Waals surface area contributed by atoms with Gasteiger partial charge in [0.15, 0.2) is 5.03 Å². The van der Waals surface area contributed by atoms with E-state index in [1.165, 1.54) is 10.5 Å². The third-order valence-corrected chi connectivity index (χ3v) is 7.92. The number of nitrogens with zero attached hydrogens (tertiary/aromatic N) is 3. The van der Waals surface area contributed by atoms with Crippen molar-refractivity contribution in [2.24, 2.45) is 13.0 Å². The van der Waals surface area contributed by atoms with Crippen LogP contribution in [-0.2, 0) is 21.9 Å². The Balaban J connectivity index is 1.25. The number of hydrogen-bond donors (Lipinski definition) is 1. The summed E-state index contributed by atoms with van der Waals surface area (Å²) in [7, 11) is -1.88. The number of ether oxygens (including phenoxy) is 1. The summed E-state index contributed by atoms with van der Waals surface area (Å²) in [4.78, 5) is 16.8. The van der Waals surface area contributed by atoms with E-state index in [9.17, 15) is 13.2 Å². The first-order chi connectivity index (χ1) is 16.4. The first-order valence-corrected chi connectivity index (χ1v) is 12.9. The number of aromatic nitrogens is 2. The zero-order valence-electron chi connectivity index (χ0n) is 19.5. The minimum atomic E-state index is -3.64. The van der Waals surface area contributed by atoms with Crippen LogP contribution >= 0.6 is 0 Å². The second-order valence-corrected chi connectivity index (χ2v) is 10.3.